The number of tetrazole rings is 1. The largest absolute Gasteiger partial charge is 0.494 e. The lowest BCUT2D eigenvalue weighted by atomic mass is 9.95. The molecule has 0 unspecified atom stereocenters. The van der Waals surface area contributed by atoms with Crippen LogP contribution < -0.4 is 10.3 Å². The van der Waals surface area contributed by atoms with Gasteiger partial charge in [-0.25, -0.2) is 4.68 Å². The predicted molar refractivity (Wildman–Crippen MR) is 103 cm³/mol. The Morgan fingerprint density at radius 2 is 2.07 bits per heavy atom. The zero-order valence-corrected chi connectivity index (χ0v) is 15.6. The number of ether oxygens (including phenoxy) is 1. The van der Waals surface area contributed by atoms with E-state index in [4.69, 9.17) is 4.74 Å². The fourth-order valence-electron chi connectivity index (χ4n) is 3.91. The zero-order valence-electron chi connectivity index (χ0n) is 15.6. The van der Waals surface area contributed by atoms with Crippen LogP contribution in [0.4, 0.5) is 0 Å². The van der Waals surface area contributed by atoms with Crippen LogP contribution in [0.3, 0.4) is 0 Å². The highest BCUT2D eigenvalue weighted by Gasteiger charge is 2.19. The number of rotatable bonds is 6. The Morgan fingerprint density at radius 1 is 1.22 bits per heavy atom. The summed E-state index contributed by atoms with van der Waals surface area (Å²) in [6.45, 7) is 2.52. The topological polar surface area (TPSA) is 85.7 Å². The van der Waals surface area contributed by atoms with E-state index < -0.39 is 0 Å². The van der Waals surface area contributed by atoms with Crippen LogP contribution in [-0.4, -0.2) is 31.8 Å². The third-order valence-electron chi connectivity index (χ3n) is 5.32. The first-order chi connectivity index (χ1) is 13.2. The Hall–Kier alpha value is -2.70. The van der Waals surface area contributed by atoms with E-state index >= 15 is 0 Å². The molecule has 0 aliphatic heterocycles. The highest BCUT2D eigenvalue weighted by molar-refractivity contribution is 5.82. The fraction of sp³-hybridized carbons (Fsp3) is 0.500. The maximum Gasteiger partial charge on any atom is 0.248 e. The molecule has 1 saturated carbocycles. The molecule has 7 nitrogen and oxygen atoms in total. The van der Waals surface area contributed by atoms with Crippen LogP contribution in [0.15, 0.2) is 29.1 Å². The van der Waals surface area contributed by atoms with Crippen LogP contribution in [0.1, 0.15) is 56.0 Å². The van der Waals surface area contributed by atoms with Crippen molar-refractivity contribution in [3.63, 3.8) is 0 Å². The number of hydrogen-bond acceptors (Lipinski definition) is 5. The van der Waals surface area contributed by atoms with E-state index in [0.29, 0.717) is 12.6 Å². The van der Waals surface area contributed by atoms with E-state index in [9.17, 15) is 4.79 Å². The van der Waals surface area contributed by atoms with Gasteiger partial charge in [0.15, 0.2) is 5.82 Å². The van der Waals surface area contributed by atoms with Crippen molar-refractivity contribution in [3.8, 4) is 5.75 Å². The van der Waals surface area contributed by atoms with Crippen LogP contribution in [0.2, 0.25) is 0 Å². The van der Waals surface area contributed by atoms with Crippen LogP contribution in [-0.2, 0) is 6.42 Å². The Morgan fingerprint density at radius 3 is 2.93 bits per heavy atom. The Kier molecular flexibility index (Phi) is 5.18. The molecule has 0 bridgehead atoms. The molecule has 2 heterocycles. The summed E-state index contributed by atoms with van der Waals surface area (Å²) >= 11 is 0. The van der Waals surface area contributed by atoms with Crippen molar-refractivity contribution in [3.05, 3.63) is 46.0 Å². The van der Waals surface area contributed by atoms with E-state index in [1.165, 1.54) is 32.1 Å². The number of H-pyrrole nitrogens is 1. The van der Waals surface area contributed by atoms with Gasteiger partial charge in [0.1, 0.15) is 5.75 Å². The van der Waals surface area contributed by atoms with Crippen LogP contribution in [0, 0.1) is 6.92 Å². The van der Waals surface area contributed by atoms with E-state index in [-0.39, 0.29) is 5.56 Å². The second-order valence-corrected chi connectivity index (χ2v) is 7.31. The Bertz CT molecular complexity index is 972. The fourth-order valence-corrected chi connectivity index (χ4v) is 3.91. The Labute approximate surface area is 157 Å². The third-order valence-corrected chi connectivity index (χ3v) is 5.32. The minimum Gasteiger partial charge on any atom is -0.494 e. The first kappa shape index (κ1) is 17.7. The van der Waals surface area contributed by atoms with Gasteiger partial charge >= 0.3 is 0 Å². The van der Waals surface area contributed by atoms with Crippen molar-refractivity contribution in [2.24, 2.45) is 0 Å². The monoisotopic (exact) mass is 367 g/mol. The van der Waals surface area contributed by atoms with Gasteiger partial charge in [-0.1, -0.05) is 19.3 Å². The molecule has 0 amide bonds. The lowest BCUT2D eigenvalue weighted by molar-refractivity contribution is 0.298. The predicted octanol–water partition coefficient (Wildman–Crippen LogP) is 3.34. The summed E-state index contributed by atoms with van der Waals surface area (Å²) in [6, 6.07) is 7.87. The summed E-state index contributed by atoms with van der Waals surface area (Å²) in [4.78, 5) is 14.5. The molecule has 0 spiro atoms. The molecule has 0 atom stereocenters. The van der Waals surface area contributed by atoms with Gasteiger partial charge in [-0.3, -0.25) is 4.79 Å². The minimum atomic E-state index is -0.0910. The second kappa shape index (κ2) is 7.90. The van der Waals surface area contributed by atoms with Gasteiger partial charge in [-0.05, 0) is 54.3 Å². The number of nitrogens with zero attached hydrogens (tertiary/aromatic N) is 4. The normalized spacial score (nSPS) is 15.3. The molecule has 1 fully saturated rings. The molecule has 0 radical (unpaired) electrons. The number of pyridine rings is 1. The lowest BCUT2D eigenvalue weighted by Gasteiger charge is -2.22. The second-order valence-electron chi connectivity index (χ2n) is 7.31. The number of aromatic nitrogens is 5. The van der Waals surface area contributed by atoms with Crippen molar-refractivity contribution >= 4 is 10.9 Å². The van der Waals surface area contributed by atoms with Crippen molar-refractivity contribution < 1.29 is 4.74 Å². The van der Waals surface area contributed by atoms with Crippen LogP contribution >= 0.6 is 0 Å². The molecule has 1 aliphatic rings. The summed E-state index contributed by atoms with van der Waals surface area (Å²) in [6.07, 6.45) is 7.82. The standard InChI is InChI=1S/C20H25N5O2/c1-14-12-20(26)21-18-13-16(9-10-17(14)18)27-11-5-8-19-22-23-24-25(19)15-6-3-2-4-7-15/h9-10,12-13,15H,2-8,11H2,1H3,(H,21,26). The van der Waals surface area contributed by atoms with Gasteiger partial charge < -0.3 is 9.72 Å². The third kappa shape index (κ3) is 4.02. The van der Waals surface area contributed by atoms with Crippen molar-refractivity contribution in [2.45, 2.75) is 57.9 Å². The molecule has 27 heavy (non-hydrogen) atoms. The molecule has 3 aromatic rings. The van der Waals surface area contributed by atoms with Gasteiger partial charge in [0.05, 0.1) is 18.2 Å². The molecule has 7 heteroatoms. The molecule has 1 N–H and O–H groups in total. The van der Waals surface area contributed by atoms with Gasteiger partial charge in [-0.15, -0.1) is 5.10 Å². The summed E-state index contributed by atoms with van der Waals surface area (Å²) in [7, 11) is 0. The van der Waals surface area contributed by atoms with E-state index in [1.807, 2.05) is 29.8 Å². The SMILES string of the molecule is Cc1cc(=O)[nH]c2cc(OCCCc3nnnn3C3CCCCC3)ccc12. The molecule has 1 aromatic carbocycles. The molecular formula is C20H25N5O2. The summed E-state index contributed by atoms with van der Waals surface area (Å²) in [5.74, 6) is 1.71. The number of aromatic amines is 1. The number of hydrogen-bond donors (Lipinski definition) is 1. The highest BCUT2D eigenvalue weighted by atomic mass is 16.5. The lowest BCUT2D eigenvalue weighted by Crippen LogP contribution is -2.17. The average molecular weight is 367 g/mol. The molecule has 2 aromatic heterocycles. The van der Waals surface area contributed by atoms with Gasteiger partial charge in [0, 0.05) is 23.9 Å². The van der Waals surface area contributed by atoms with Crippen molar-refractivity contribution in [1.29, 1.82) is 0 Å². The van der Waals surface area contributed by atoms with E-state index in [1.54, 1.807) is 6.07 Å². The Balaban J connectivity index is 1.35. The number of nitrogens with one attached hydrogen (secondary N) is 1. The zero-order chi connectivity index (χ0) is 18.6. The van der Waals surface area contributed by atoms with Crippen LogP contribution in [0.5, 0.6) is 5.75 Å². The molecular weight excluding hydrogens is 342 g/mol. The maximum atomic E-state index is 11.7. The maximum absolute atomic E-state index is 11.7. The average Bonchev–Trinajstić information content (AvgIpc) is 3.14. The van der Waals surface area contributed by atoms with E-state index in [0.717, 1.165) is 40.9 Å². The summed E-state index contributed by atoms with van der Waals surface area (Å²) in [5.41, 5.74) is 1.68. The van der Waals surface area contributed by atoms with Gasteiger partial charge in [0.2, 0.25) is 5.56 Å². The van der Waals surface area contributed by atoms with Crippen molar-refractivity contribution in [1.82, 2.24) is 25.2 Å². The number of benzene rings is 1. The molecule has 1 aliphatic carbocycles. The summed E-state index contributed by atoms with van der Waals surface area (Å²) < 4.78 is 7.89. The first-order valence-electron chi connectivity index (χ1n) is 9.74. The minimum absolute atomic E-state index is 0.0910. The molecule has 4 rings (SSSR count). The molecule has 0 saturated heterocycles. The van der Waals surface area contributed by atoms with Crippen molar-refractivity contribution in [2.75, 3.05) is 6.61 Å². The van der Waals surface area contributed by atoms with Gasteiger partial charge in [0.25, 0.3) is 0 Å². The smallest absolute Gasteiger partial charge is 0.248 e. The highest BCUT2D eigenvalue weighted by Crippen LogP contribution is 2.28. The van der Waals surface area contributed by atoms with Gasteiger partial charge in [-0.2, -0.15) is 0 Å². The summed E-state index contributed by atoms with van der Waals surface area (Å²) in [5, 5.41) is 13.3. The number of fused-ring (bicyclic) bond motifs is 1. The first-order valence-corrected chi connectivity index (χ1v) is 9.74. The van der Waals surface area contributed by atoms with E-state index in [2.05, 4.69) is 20.5 Å². The van der Waals surface area contributed by atoms with Crippen LogP contribution in [0.25, 0.3) is 10.9 Å². The quantitative estimate of drug-likeness (QED) is 0.675. The molecule has 142 valence electrons. The number of aryl methyl sites for hydroxylation is 2.